The van der Waals surface area contributed by atoms with Crippen LogP contribution in [0.4, 0.5) is 5.69 Å². The SMILES string of the molecule is Cc1cc(C)cc(N(C(=O)Cn2nnc3ccccc32)C(C(=O)NCCC(C)C)c2cccnc2)c1. The molecule has 0 saturated carbocycles. The summed E-state index contributed by atoms with van der Waals surface area (Å²) >= 11 is 0. The molecule has 8 nitrogen and oxygen atoms in total. The molecule has 2 amide bonds. The number of nitrogens with zero attached hydrogens (tertiary/aromatic N) is 5. The zero-order valence-corrected chi connectivity index (χ0v) is 21.2. The first-order valence-electron chi connectivity index (χ1n) is 12.2. The van der Waals surface area contributed by atoms with Crippen molar-refractivity contribution in [3.63, 3.8) is 0 Å². The van der Waals surface area contributed by atoms with Crippen LogP contribution in [0.1, 0.15) is 43.0 Å². The van der Waals surface area contributed by atoms with Gasteiger partial charge < -0.3 is 5.32 Å². The molecule has 4 aromatic rings. The molecule has 1 atom stereocenters. The van der Waals surface area contributed by atoms with Crippen molar-refractivity contribution in [3.05, 3.63) is 83.7 Å². The minimum absolute atomic E-state index is 0.0659. The molecule has 0 aliphatic rings. The first-order chi connectivity index (χ1) is 17.3. The van der Waals surface area contributed by atoms with Crippen LogP contribution in [0, 0.1) is 19.8 Å². The van der Waals surface area contributed by atoms with Crippen LogP contribution >= 0.6 is 0 Å². The molecule has 2 aromatic heterocycles. The van der Waals surface area contributed by atoms with Crippen LogP contribution in [0.15, 0.2) is 67.0 Å². The van der Waals surface area contributed by atoms with Gasteiger partial charge in [-0.2, -0.15) is 0 Å². The maximum absolute atomic E-state index is 14.0. The summed E-state index contributed by atoms with van der Waals surface area (Å²) in [5.74, 6) is -0.0805. The van der Waals surface area contributed by atoms with Gasteiger partial charge in [-0.15, -0.1) is 5.10 Å². The molecule has 0 radical (unpaired) electrons. The molecule has 0 saturated heterocycles. The highest BCUT2D eigenvalue weighted by atomic mass is 16.2. The van der Waals surface area contributed by atoms with Gasteiger partial charge in [0, 0.05) is 30.2 Å². The number of nitrogens with one attached hydrogen (secondary N) is 1. The molecule has 2 heterocycles. The summed E-state index contributed by atoms with van der Waals surface area (Å²) in [6.45, 7) is 8.63. The van der Waals surface area contributed by atoms with Crippen molar-refractivity contribution >= 4 is 28.5 Å². The Labute approximate surface area is 211 Å². The Kier molecular flexibility index (Phi) is 7.73. The number of anilines is 1. The molecule has 0 aliphatic carbocycles. The van der Waals surface area contributed by atoms with Gasteiger partial charge in [0.25, 0.3) is 0 Å². The number of carbonyl (C=O) groups excluding carboxylic acids is 2. The first-order valence-corrected chi connectivity index (χ1v) is 12.2. The number of fused-ring (bicyclic) bond motifs is 1. The van der Waals surface area contributed by atoms with E-state index in [2.05, 4.69) is 34.5 Å². The van der Waals surface area contributed by atoms with Crippen LogP contribution in [0.3, 0.4) is 0 Å². The Morgan fingerprint density at radius 2 is 1.78 bits per heavy atom. The number of aryl methyl sites for hydroxylation is 2. The van der Waals surface area contributed by atoms with Crippen molar-refractivity contribution in [2.24, 2.45) is 5.92 Å². The predicted octanol–water partition coefficient (Wildman–Crippen LogP) is 4.38. The molecular formula is C28H32N6O2. The molecule has 0 spiro atoms. The number of hydrogen-bond acceptors (Lipinski definition) is 5. The van der Waals surface area contributed by atoms with Gasteiger partial charge in [-0.1, -0.05) is 43.3 Å². The summed E-state index contributed by atoms with van der Waals surface area (Å²) in [7, 11) is 0. The topological polar surface area (TPSA) is 93.0 Å². The van der Waals surface area contributed by atoms with Crippen molar-refractivity contribution in [2.75, 3.05) is 11.4 Å². The van der Waals surface area contributed by atoms with Gasteiger partial charge in [0.15, 0.2) is 0 Å². The molecular weight excluding hydrogens is 452 g/mol. The van der Waals surface area contributed by atoms with Gasteiger partial charge in [-0.05, 0) is 67.6 Å². The van der Waals surface area contributed by atoms with Gasteiger partial charge in [0.2, 0.25) is 11.8 Å². The Balaban J connectivity index is 1.77. The molecule has 2 aromatic carbocycles. The number of rotatable bonds is 9. The van der Waals surface area contributed by atoms with Crippen LogP contribution in [-0.2, 0) is 16.1 Å². The normalized spacial score (nSPS) is 12.0. The summed E-state index contributed by atoms with van der Waals surface area (Å²) in [6, 6.07) is 16.1. The molecule has 1 unspecified atom stereocenters. The highest BCUT2D eigenvalue weighted by Gasteiger charge is 2.33. The monoisotopic (exact) mass is 484 g/mol. The molecule has 0 fully saturated rings. The lowest BCUT2D eigenvalue weighted by molar-refractivity contribution is -0.127. The molecule has 0 bridgehead atoms. The van der Waals surface area contributed by atoms with Crippen molar-refractivity contribution < 1.29 is 9.59 Å². The van der Waals surface area contributed by atoms with E-state index in [1.807, 2.05) is 62.4 Å². The van der Waals surface area contributed by atoms with Gasteiger partial charge >= 0.3 is 0 Å². The van der Waals surface area contributed by atoms with Crippen molar-refractivity contribution in [1.82, 2.24) is 25.3 Å². The molecule has 8 heteroatoms. The maximum Gasteiger partial charge on any atom is 0.249 e. The smallest absolute Gasteiger partial charge is 0.249 e. The molecule has 186 valence electrons. The molecule has 4 rings (SSSR count). The zero-order chi connectivity index (χ0) is 25.7. The Morgan fingerprint density at radius 1 is 1.03 bits per heavy atom. The fourth-order valence-corrected chi connectivity index (χ4v) is 4.30. The first kappa shape index (κ1) is 25.0. The average Bonchev–Trinajstić information content (AvgIpc) is 3.24. The Morgan fingerprint density at radius 3 is 2.47 bits per heavy atom. The van der Waals surface area contributed by atoms with Crippen LogP contribution < -0.4 is 10.2 Å². The second-order valence-electron chi connectivity index (χ2n) is 9.51. The summed E-state index contributed by atoms with van der Waals surface area (Å²) in [5, 5.41) is 11.4. The van der Waals surface area contributed by atoms with Crippen molar-refractivity contribution in [2.45, 2.75) is 46.7 Å². The molecule has 1 N–H and O–H groups in total. The predicted molar refractivity (Wildman–Crippen MR) is 140 cm³/mol. The third kappa shape index (κ3) is 5.76. The largest absolute Gasteiger partial charge is 0.354 e. The lowest BCUT2D eigenvalue weighted by Crippen LogP contribution is -2.45. The third-order valence-electron chi connectivity index (χ3n) is 5.99. The van der Waals surface area contributed by atoms with E-state index in [0.717, 1.165) is 23.1 Å². The number of carbonyl (C=O) groups is 2. The van der Waals surface area contributed by atoms with E-state index < -0.39 is 6.04 Å². The highest BCUT2D eigenvalue weighted by Crippen LogP contribution is 2.30. The third-order valence-corrected chi connectivity index (χ3v) is 5.99. The van der Waals surface area contributed by atoms with E-state index >= 15 is 0 Å². The number of benzene rings is 2. The summed E-state index contributed by atoms with van der Waals surface area (Å²) in [6.07, 6.45) is 4.14. The van der Waals surface area contributed by atoms with Gasteiger partial charge in [-0.3, -0.25) is 19.5 Å². The molecule has 36 heavy (non-hydrogen) atoms. The second kappa shape index (κ2) is 11.1. The standard InChI is InChI=1S/C28H32N6O2/c1-19(2)11-13-30-28(36)27(22-8-7-12-29-17-22)34(23-15-20(3)14-21(4)16-23)26(35)18-33-25-10-6-5-9-24(25)31-32-33/h5-10,12,14-17,19,27H,11,13,18H2,1-4H3,(H,30,36). The van der Waals surface area contributed by atoms with E-state index in [0.29, 0.717) is 29.2 Å². The van der Waals surface area contributed by atoms with Crippen molar-refractivity contribution in [3.8, 4) is 0 Å². The quantitative estimate of drug-likeness (QED) is 0.381. The van der Waals surface area contributed by atoms with Crippen LogP contribution in [0.25, 0.3) is 11.0 Å². The minimum Gasteiger partial charge on any atom is -0.354 e. The number of hydrogen-bond donors (Lipinski definition) is 1. The fourth-order valence-electron chi connectivity index (χ4n) is 4.30. The minimum atomic E-state index is -0.894. The van der Waals surface area contributed by atoms with Crippen LogP contribution in [0.5, 0.6) is 0 Å². The number of pyridine rings is 1. The average molecular weight is 485 g/mol. The van der Waals surface area contributed by atoms with Crippen LogP contribution in [-0.4, -0.2) is 38.3 Å². The number of para-hydroxylation sites is 1. The van der Waals surface area contributed by atoms with E-state index in [1.165, 1.54) is 0 Å². The maximum atomic E-state index is 14.0. The van der Waals surface area contributed by atoms with E-state index in [9.17, 15) is 9.59 Å². The number of amides is 2. The van der Waals surface area contributed by atoms with E-state index in [1.54, 1.807) is 28.0 Å². The summed E-state index contributed by atoms with van der Waals surface area (Å²) in [5.41, 5.74) is 4.74. The van der Waals surface area contributed by atoms with Gasteiger partial charge in [-0.25, -0.2) is 4.68 Å². The summed E-state index contributed by atoms with van der Waals surface area (Å²) in [4.78, 5) is 33.5. The lowest BCUT2D eigenvalue weighted by atomic mass is 10.0. The Bertz CT molecular complexity index is 1330. The van der Waals surface area contributed by atoms with Gasteiger partial charge in [0.1, 0.15) is 18.1 Å². The van der Waals surface area contributed by atoms with Crippen LogP contribution in [0.2, 0.25) is 0 Å². The summed E-state index contributed by atoms with van der Waals surface area (Å²) < 4.78 is 1.57. The van der Waals surface area contributed by atoms with E-state index in [-0.39, 0.29) is 18.4 Å². The second-order valence-corrected chi connectivity index (χ2v) is 9.51. The van der Waals surface area contributed by atoms with E-state index in [4.69, 9.17) is 0 Å². The fraction of sp³-hybridized carbons (Fsp3) is 0.321. The Hall–Kier alpha value is -4.07. The van der Waals surface area contributed by atoms with Crippen molar-refractivity contribution in [1.29, 1.82) is 0 Å². The highest BCUT2D eigenvalue weighted by molar-refractivity contribution is 6.01. The van der Waals surface area contributed by atoms with Gasteiger partial charge in [0.05, 0.1) is 5.52 Å². The number of aromatic nitrogens is 4. The molecule has 0 aliphatic heterocycles. The lowest BCUT2D eigenvalue weighted by Gasteiger charge is -2.32. The zero-order valence-electron chi connectivity index (χ0n) is 21.2.